The molecule has 0 aliphatic heterocycles. The maximum absolute atomic E-state index is 12.2. The smallest absolute Gasteiger partial charge is 0.166 e. The monoisotopic (exact) mass is 206 g/mol. The van der Waals surface area contributed by atoms with E-state index in [4.69, 9.17) is 0 Å². The maximum atomic E-state index is 12.2. The van der Waals surface area contributed by atoms with E-state index in [0.717, 1.165) is 6.08 Å². The van der Waals surface area contributed by atoms with Crippen LogP contribution < -0.4 is 0 Å². The average molecular weight is 206 g/mol. The molecule has 0 aromatic carbocycles. The predicted octanol–water partition coefficient (Wildman–Crippen LogP) is 4.65. The van der Waals surface area contributed by atoms with Gasteiger partial charge in [0, 0.05) is 0 Å². The first-order valence-corrected chi connectivity index (χ1v) is 4.37. The van der Waals surface area contributed by atoms with Crippen LogP contribution in [0.1, 0.15) is 27.7 Å². The molecular formula is C11H17F3. The summed E-state index contributed by atoms with van der Waals surface area (Å²) < 4.78 is 36.5. The quantitative estimate of drug-likeness (QED) is 0.577. The lowest BCUT2D eigenvalue weighted by molar-refractivity contribution is -0.0888. The van der Waals surface area contributed by atoms with E-state index in [1.807, 2.05) is 13.8 Å². The van der Waals surface area contributed by atoms with Gasteiger partial charge in [0.1, 0.15) is 0 Å². The second-order valence-corrected chi connectivity index (χ2v) is 2.52. The van der Waals surface area contributed by atoms with Crippen molar-refractivity contribution in [2.75, 3.05) is 0 Å². The van der Waals surface area contributed by atoms with Crippen LogP contribution in [-0.2, 0) is 0 Å². The van der Waals surface area contributed by atoms with E-state index in [-0.39, 0.29) is 5.57 Å². The van der Waals surface area contributed by atoms with Gasteiger partial charge in [0.25, 0.3) is 0 Å². The molecule has 0 fully saturated rings. The van der Waals surface area contributed by atoms with Crippen LogP contribution in [-0.4, -0.2) is 6.18 Å². The Balaban J connectivity index is 0. The fourth-order valence-electron chi connectivity index (χ4n) is 0.711. The van der Waals surface area contributed by atoms with Crippen LogP contribution >= 0.6 is 0 Å². The molecule has 0 aliphatic carbocycles. The summed E-state index contributed by atoms with van der Waals surface area (Å²) in [5, 5.41) is 0. The molecule has 3 heteroatoms. The van der Waals surface area contributed by atoms with E-state index in [2.05, 4.69) is 13.2 Å². The zero-order valence-electron chi connectivity index (χ0n) is 9.13. The van der Waals surface area contributed by atoms with Gasteiger partial charge in [-0.15, -0.1) is 0 Å². The largest absolute Gasteiger partial charge is 0.416 e. The summed E-state index contributed by atoms with van der Waals surface area (Å²) >= 11 is 0. The van der Waals surface area contributed by atoms with Crippen LogP contribution in [0.3, 0.4) is 0 Å². The number of hydrogen-bond acceptors (Lipinski definition) is 0. The molecule has 0 unspecified atom stereocenters. The van der Waals surface area contributed by atoms with Crippen molar-refractivity contribution in [3.63, 3.8) is 0 Å². The molecule has 14 heavy (non-hydrogen) atoms. The first-order chi connectivity index (χ1) is 6.30. The van der Waals surface area contributed by atoms with Gasteiger partial charge in [-0.1, -0.05) is 38.7 Å². The summed E-state index contributed by atoms with van der Waals surface area (Å²) in [6.45, 7) is 13.5. The second kappa shape index (κ2) is 6.46. The van der Waals surface area contributed by atoms with Crippen molar-refractivity contribution in [1.29, 1.82) is 0 Å². The van der Waals surface area contributed by atoms with Crippen molar-refractivity contribution in [2.24, 2.45) is 0 Å². The predicted molar refractivity (Wildman–Crippen MR) is 55.1 cm³/mol. The Morgan fingerprint density at radius 1 is 1.14 bits per heavy atom. The van der Waals surface area contributed by atoms with Crippen molar-refractivity contribution in [3.05, 3.63) is 36.0 Å². The van der Waals surface area contributed by atoms with Crippen LogP contribution in [0, 0.1) is 0 Å². The van der Waals surface area contributed by atoms with Crippen LogP contribution in [0.5, 0.6) is 0 Å². The molecular weight excluding hydrogens is 189 g/mol. The van der Waals surface area contributed by atoms with Gasteiger partial charge < -0.3 is 0 Å². The summed E-state index contributed by atoms with van der Waals surface area (Å²) in [6, 6.07) is 0. The molecule has 0 aromatic rings. The Morgan fingerprint density at radius 3 is 1.57 bits per heavy atom. The van der Waals surface area contributed by atoms with Crippen LogP contribution in [0.4, 0.5) is 13.2 Å². The Labute approximate surface area is 83.8 Å². The summed E-state index contributed by atoms with van der Waals surface area (Å²) in [6.07, 6.45) is -3.52. The number of rotatable bonds is 2. The highest BCUT2D eigenvalue weighted by atomic mass is 19.4. The highest BCUT2D eigenvalue weighted by molar-refractivity contribution is 5.38. The van der Waals surface area contributed by atoms with E-state index in [1.54, 1.807) is 0 Å². The molecule has 0 nitrogen and oxygen atoms in total. The molecule has 0 aliphatic rings. The number of allylic oxidation sites excluding steroid dienone is 4. The Hall–Kier alpha value is -0.990. The molecule has 0 N–H and O–H groups in total. The first kappa shape index (κ1) is 15.5. The molecule has 0 saturated heterocycles. The zero-order valence-corrected chi connectivity index (χ0v) is 9.13. The minimum absolute atomic E-state index is 0.137. The lowest BCUT2D eigenvalue weighted by atomic mass is 10.0. The van der Waals surface area contributed by atoms with Crippen molar-refractivity contribution in [1.82, 2.24) is 0 Å². The fraction of sp³-hybridized carbons (Fsp3) is 0.455. The third-order valence-corrected chi connectivity index (χ3v) is 1.55. The summed E-state index contributed by atoms with van der Waals surface area (Å²) in [7, 11) is 0. The van der Waals surface area contributed by atoms with Crippen molar-refractivity contribution >= 4 is 0 Å². The molecule has 0 heterocycles. The van der Waals surface area contributed by atoms with Crippen LogP contribution in [0.2, 0.25) is 0 Å². The lowest BCUT2D eigenvalue weighted by Gasteiger charge is -2.11. The third-order valence-electron chi connectivity index (χ3n) is 1.55. The standard InChI is InChI=1S/C9H11F3.C2H6/c1-5-8(9(10,11)12)7(4)6(2)3;1-2/h5H,1-2H2,3-4H3;1-2H3/b8-7+;. The average Bonchev–Trinajstić information content (AvgIpc) is 2.06. The van der Waals surface area contributed by atoms with Gasteiger partial charge in [-0.25, -0.2) is 0 Å². The lowest BCUT2D eigenvalue weighted by Crippen LogP contribution is -2.12. The molecule has 0 spiro atoms. The van der Waals surface area contributed by atoms with E-state index in [0.29, 0.717) is 5.57 Å². The Bertz CT molecular complexity index is 231. The van der Waals surface area contributed by atoms with E-state index >= 15 is 0 Å². The normalized spacial score (nSPS) is 12.2. The van der Waals surface area contributed by atoms with E-state index in [1.165, 1.54) is 13.8 Å². The molecule has 0 aromatic heterocycles. The highest BCUT2D eigenvalue weighted by Gasteiger charge is 2.32. The highest BCUT2D eigenvalue weighted by Crippen LogP contribution is 2.30. The second-order valence-electron chi connectivity index (χ2n) is 2.52. The zero-order chi connectivity index (χ0) is 11.9. The summed E-state index contributed by atoms with van der Waals surface area (Å²) in [4.78, 5) is 0. The van der Waals surface area contributed by atoms with Gasteiger partial charge in [-0.3, -0.25) is 0 Å². The Kier molecular flexibility index (Phi) is 7.15. The molecule has 0 amide bonds. The maximum Gasteiger partial charge on any atom is 0.416 e. The molecule has 0 saturated carbocycles. The van der Waals surface area contributed by atoms with Gasteiger partial charge in [-0.2, -0.15) is 13.2 Å². The van der Waals surface area contributed by atoms with Crippen molar-refractivity contribution in [3.8, 4) is 0 Å². The van der Waals surface area contributed by atoms with Gasteiger partial charge >= 0.3 is 6.18 Å². The number of halogens is 3. The van der Waals surface area contributed by atoms with Crippen LogP contribution in [0.25, 0.3) is 0 Å². The summed E-state index contributed by atoms with van der Waals surface area (Å²) in [5.74, 6) is 0. The van der Waals surface area contributed by atoms with Gasteiger partial charge in [0.05, 0.1) is 5.57 Å². The van der Waals surface area contributed by atoms with E-state index < -0.39 is 11.7 Å². The topological polar surface area (TPSA) is 0 Å². The first-order valence-electron chi connectivity index (χ1n) is 4.37. The molecule has 0 bridgehead atoms. The summed E-state index contributed by atoms with van der Waals surface area (Å²) in [5.41, 5.74) is -0.172. The minimum atomic E-state index is -4.33. The Morgan fingerprint density at radius 2 is 1.50 bits per heavy atom. The minimum Gasteiger partial charge on any atom is -0.166 e. The van der Waals surface area contributed by atoms with E-state index in [9.17, 15) is 13.2 Å². The molecule has 0 atom stereocenters. The SMILES string of the molecule is C=C/C(=C(/C)C(=C)C)C(F)(F)F.CC. The third kappa shape index (κ3) is 4.90. The van der Waals surface area contributed by atoms with Crippen molar-refractivity contribution in [2.45, 2.75) is 33.9 Å². The van der Waals surface area contributed by atoms with Crippen LogP contribution in [0.15, 0.2) is 36.0 Å². The number of alkyl halides is 3. The molecule has 0 rings (SSSR count). The molecule has 0 radical (unpaired) electrons. The molecule has 82 valence electrons. The van der Waals surface area contributed by atoms with Gasteiger partial charge in [-0.05, 0) is 19.4 Å². The fourth-order valence-corrected chi connectivity index (χ4v) is 0.711. The number of hydrogen-bond donors (Lipinski definition) is 0. The van der Waals surface area contributed by atoms with Gasteiger partial charge in [0.15, 0.2) is 0 Å². The van der Waals surface area contributed by atoms with Crippen molar-refractivity contribution < 1.29 is 13.2 Å². The van der Waals surface area contributed by atoms with Gasteiger partial charge in [0.2, 0.25) is 0 Å².